The highest BCUT2D eigenvalue weighted by molar-refractivity contribution is 5.99. The first kappa shape index (κ1) is 23.4. The SMILES string of the molecule is CC/C(C(=O)O)=C(\CC)C(=O)O.CCOC(=O)C#CC(=O)OCC. The van der Waals surface area contributed by atoms with Crippen LogP contribution in [-0.4, -0.2) is 47.3 Å². The van der Waals surface area contributed by atoms with Gasteiger partial charge in [-0.25, -0.2) is 19.2 Å². The largest absolute Gasteiger partial charge is 0.478 e. The molecule has 0 atom stereocenters. The standard InChI is InChI=1S/C8H10O4.C8H12O4/c1-3-11-7(9)5-6-8(10)12-4-2;1-3-5(7(9)10)6(4-2)8(11)12/h3-4H2,1-2H3;3-4H2,1-2H3,(H,9,10)(H,11,12)/b;6-5-. The van der Waals surface area contributed by atoms with Gasteiger partial charge in [0.2, 0.25) is 0 Å². The van der Waals surface area contributed by atoms with Gasteiger partial charge in [0.25, 0.3) is 0 Å². The zero-order valence-electron chi connectivity index (χ0n) is 14.2. The Morgan fingerprint density at radius 3 is 1.17 bits per heavy atom. The number of hydrogen-bond acceptors (Lipinski definition) is 6. The number of hydrogen-bond donors (Lipinski definition) is 2. The Morgan fingerprint density at radius 1 is 0.708 bits per heavy atom. The van der Waals surface area contributed by atoms with Crippen molar-refractivity contribution in [3.05, 3.63) is 11.1 Å². The molecule has 0 aromatic carbocycles. The second kappa shape index (κ2) is 13.8. The van der Waals surface area contributed by atoms with Crippen LogP contribution in [0.25, 0.3) is 0 Å². The first-order valence-electron chi connectivity index (χ1n) is 7.28. The average molecular weight is 342 g/mol. The quantitative estimate of drug-likeness (QED) is 0.321. The van der Waals surface area contributed by atoms with Gasteiger partial charge in [-0.1, -0.05) is 13.8 Å². The average Bonchev–Trinajstić information content (AvgIpc) is 2.51. The minimum absolute atomic E-state index is 0.00926. The highest BCUT2D eigenvalue weighted by Crippen LogP contribution is 2.12. The number of esters is 2. The van der Waals surface area contributed by atoms with Gasteiger partial charge in [0.05, 0.1) is 13.2 Å². The molecular formula is C16H22O8. The number of carbonyl (C=O) groups is 4. The van der Waals surface area contributed by atoms with Crippen LogP contribution in [-0.2, 0) is 28.7 Å². The Labute approximate surface area is 140 Å². The summed E-state index contributed by atoms with van der Waals surface area (Å²) in [5.41, 5.74) is -0.0185. The highest BCUT2D eigenvalue weighted by Gasteiger charge is 2.16. The molecule has 2 N–H and O–H groups in total. The molecule has 0 aliphatic rings. The second-order valence-electron chi connectivity index (χ2n) is 3.97. The molecule has 0 aliphatic carbocycles. The molecule has 0 heterocycles. The van der Waals surface area contributed by atoms with Crippen molar-refractivity contribution in [3.63, 3.8) is 0 Å². The van der Waals surface area contributed by atoms with E-state index in [-0.39, 0.29) is 37.2 Å². The fraction of sp³-hybridized carbons (Fsp3) is 0.500. The van der Waals surface area contributed by atoms with Gasteiger partial charge in [-0.05, 0) is 26.7 Å². The molecule has 0 aliphatic heterocycles. The van der Waals surface area contributed by atoms with Crippen molar-refractivity contribution in [1.82, 2.24) is 0 Å². The van der Waals surface area contributed by atoms with Crippen molar-refractivity contribution in [2.75, 3.05) is 13.2 Å². The minimum Gasteiger partial charge on any atom is -0.478 e. The van der Waals surface area contributed by atoms with Crippen molar-refractivity contribution in [1.29, 1.82) is 0 Å². The van der Waals surface area contributed by atoms with Crippen LogP contribution in [0.5, 0.6) is 0 Å². The summed E-state index contributed by atoms with van der Waals surface area (Å²) in [6, 6.07) is 0. The minimum atomic E-state index is -1.14. The molecule has 0 saturated heterocycles. The van der Waals surface area contributed by atoms with Gasteiger partial charge in [0.1, 0.15) is 0 Å². The molecule has 0 spiro atoms. The predicted molar refractivity (Wildman–Crippen MR) is 83.9 cm³/mol. The van der Waals surface area contributed by atoms with Crippen LogP contribution in [0.15, 0.2) is 11.1 Å². The smallest absolute Gasteiger partial charge is 0.384 e. The van der Waals surface area contributed by atoms with E-state index in [1.165, 1.54) is 0 Å². The summed E-state index contributed by atoms with van der Waals surface area (Å²) in [6.07, 6.45) is 0.482. The Balaban J connectivity index is 0. The number of rotatable bonds is 6. The second-order valence-corrected chi connectivity index (χ2v) is 3.97. The molecule has 8 nitrogen and oxygen atoms in total. The van der Waals surface area contributed by atoms with Gasteiger partial charge in [-0.2, -0.15) is 0 Å². The maximum atomic E-state index is 10.5. The molecule has 0 saturated carbocycles. The van der Waals surface area contributed by atoms with Crippen molar-refractivity contribution >= 4 is 23.9 Å². The molecule has 8 heteroatoms. The third kappa shape index (κ3) is 10.8. The fourth-order valence-electron chi connectivity index (χ4n) is 1.42. The zero-order valence-corrected chi connectivity index (χ0v) is 14.2. The Kier molecular flexibility index (Phi) is 13.5. The molecule has 0 bridgehead atoms. The molecule has 0 fully saturated rings. The Hall–Kier alpha value is -2.82. The van der Waals surface area contributed by atoms with Gasteiger partial charge in [-0.15, -0.1) is 0 Å². The lowest BCUT2D eigenvalue weighted by Gasteiger charge is -2.03. The van der Waals surface area contributed by atoms with Crippen LogP contribution in [0.1, 0.15) is 40.5 Å². The van der Waals surface area contributed by atoms with Gasteiger partial charge < -0.3 is 19.7 Å². The van der Waals surface area contributed by atoms with E-state index >= 15 is 0 Å². The molecule has 24 heavy (non-hydrogen) atoms. The fourth-order valence-corrected chi connectivity index (χ4v) is 1.42. The summed E-state index contributed by atoms with van der Waals surface area (Å²) < 4.78 is 8.90. The maximum Gasteiger partial charge on any atom is 0.384 e. The van der Waals surface area contributed by atoms with E-state index in [1.807, 2.05) is 11.8 Å². The summed E-state index contributed by atoms with van der Waals surface area (Å²) in [4.78, 5) is 42.1. The molecule has 134 valence electrons. The number of carboxylic acid groups (broad SMARTS) is 2. The summed E-state index contributed by atoms with van der Waals surface area (Å²) in [7, 11) is 0. The topological polar surface area (TPSA) is 127 Å². The molecule has 0 amide bonds. The van der Waals surface area contributed by atoms with E-state index in [9.17, 15) is 19.2 Å². The number of aliphatic carboxylic acids is 2. The van der Waals surface area contributed by atoms with Gasteiger partial charge >= 0.3 is 23.9 Å². The van der Waals surface area contributed by atoms with E-state index in [0.29, 0.717) is 0 Å². The zero-order chi connectivity index (χ0) is 19.1. The molecule has 0 aromatic heterocycles. The number of carboxylic acids is 2. The highest BCUT2D eigenvalue weighted by atomic mass is 16.5. The first-order chi connectivity index (χ1) is 11.2. The maximum absolute atomic E-state index is 10.5. The number of carbonyl (C=O) groups excluding carboxylic acids is 2. The molecule has 0 aromatic rings. The van der Waals surface area contributed by atoms with Crippen molar-refractivity contribution in [2.24, 2.45) is 0 Å². The van der Waals surface area contributed by atoms with E-state index in [4.69, 9.17) is 10.2 Å². The third-order valence-corrected chi connectivity index (χ3v) is 2.41. The Morgan fingerprint density at radius 2 is 1.00 bits per heavy atom. The lowest BCUT2D eigenvalue weighted by Crippen LogP contribution is -2.10. The van der Waals surface area contributed by atoms with Crippen molar-refractivity contribution < 1.29 is 38.9 Å². The van der Waals surface area contributed by atoms with Crippen molar-refractivity contribution in [3.8, 4) is 11.8 Å². The van der Waals surface area contributed by atoms with Crippen LogP contribution in [0, 0.1) is 11.8 Å². The summed E-state index contributed by atoms with van der Waals surface area (Å²) in [5, 5.41) is 17.2. The molecule has 0 radical (unpaired) electrons. The lowest BCUT2D eigenvalue weighted by atomic mass is 10.0. The van der Waals surface area contributed by atoms with Gasteiger partial charge in [0, 0.05) is 23.0 Å². The van der Waals surface area contributed by atoms with Crippen LogP contribution in [0.4, 0.5) is 0 Å². The first-order valence-corrected chi connectivity index (χ1v) is 7.28. The van der Waals surface area contributed by atoms with E-state index in [2.05, 4.69) is 9.47 Å². The van der Waals surface area contributed by atoms with Crippen LogP contribution in [0.3, 0.4) is 0 Å². The van der Waals surface area contributed by atoms with Gasteiger partial charge in [0.15, 0.2) is 0 Å². The molecular weight excluding hydrogens is 320 g/mol. The third-order valence-electron chi connectivity index (χ3n) is 2.41. The number of ether oxygens (including phenoxy) is 2. The summed E-state index contributed by atoms with van der Waals surface area (Å²) in [5.74, 6) is 0.247. The van der Waals surface area contributed by atoms with E-state index in [1.54, 1.807) is 27.7 Å². The summed E-state index contributed by atoms with van der Waals surface area (Å²) in [6.45, 7) is 7.06. The molecule has 0 unspecified atom stereocenters. The van der Waals surface area contributed by atoms with E-state index in [0.717, 1.165) is 0 Å². The normalized spacial score (nSPS) is 10.0. The molecule has 0 rings (SSSR count). The summed E-state index contributed by atoms with van der Waals surface area (Å²) >= 11 is 0. The van der Waals surface area contributed by atoms with Gasteiger partial charge in [-0.3, -0.25) is 0 Å². The Bertz CT molecular complexity index is 502. The lowest BCUT2D eigenvalue weighted by molar-refractivity contribution is -0.138. The van der Waals surface area contributed by atoms with Crippen LogP contribution in [0.2, 0.25) is 0 Å². The monoisotopic (exact) mass is 342 g/mol. The predicted octanol–water partition coefficient (Wildman–Crippen LogP) is 1.39. The van der Waals surface area contributed by atoms with Crippen molar-refractivity contribution in [2.45, 2.75) is 40.5 Å². The van der Waals surface area contributed by atoms with Crippen LogP contribution >= 0.6 is 0 Å². The van der Waals surface area contributed by atoms with Crippen LogP contribution < -0.4 is 0 Å². The van der Waals surface area contributed by atoms with E-state index < -0.39 is 23.9 Å².